The van der Waals surface area contributed by atoms with Crippen LogP contribution in [0.2, 0.25) is 0 Å². The van der Waals surface area contributed by atoms with E-state index in [9.17, 15) is 4.79 Å². The normalized spacial score (nSPS) is 26.7. The predicted octanol–water partition coefficient (Wildman–Crippen LogP) is 2.16. The van der Waals surface area contributed by atoms with Gasteiger partial charge >= 0.3 is 5.97 Å². The molecule has 2 unspecified atom stereocenters. The fourth-order valence-electron chi connectivity index (χ4n) is 1.76. The SMILES string of the molecule is CCCCOC(=O)CN1CCSC(C)C1C. The quantitative estimate of drug-likeness (QED) is 0.548. The highest BCUT2D eigenvalue weighted by Crippen LogP contribution is 2.23. The molecular formula is C12H23NO2S. The Labute approximate surface area is 103 Å². The molecule has 0 aromatic rings. The van der Waals surface area contributed by atoms with Gasteiger partial charge in [-0.1, -0.05) is 20.3 Å². The van der Waals surface area contributed by atoms with Crippen molar-refractivity contribution >= 4 is 17.7 Å². The molecule has 0 aromatic carbocycles. The molecule has 0 aromatic heterocycles. The van der Waals surface area contributed by atoms with Gasteiger partial charge in [0.15, 0.2) is 0 Å². The van der Waals surface area contributed by atoms with Crippen LogP contribution in [0.15, 0.2) is 0 Å². The predicted molar refractivity (Wildman–Crippen MR) is 68.8 cm³/mol. The second-order valence-electron chi connectivity index (χ2n) is 4.36. The van der Waals surface area contributed by atoms with Gasteiger partial charge in [-0.15, -0.1) is 0 Å². The number of thioether (sulfide) groups is 1. The maximum Gasteiger partial charge on any atom is 0.320 e. The minimum Gasteiger partial charge on any atom is -0.465 e. The van der Waals surface area contributed by atoms with Gasteiger partial charge in [0.1, 0.15) is 0 Å². The maximum absolute atomic E-state index is 11.6. The number of carbonyl (C=O) groups excluding carboxylic acids is 1. The third kappa shape index (κ3) is 4.34. The van der Waals surface area contributed by atoms with Crippen molar-refractivity contribution in [3.63, 3.8) is 0 Å². The molecule has 94 valence electrons. The lowest BCUT2D eigenvalue weighted by molar-refractivity contribution is -0.145. The van der Waals surface area contributed by atoms with Crippen molar-refractivity contribution in [2.45, 2.75) is 44.9 Å². The first-order valence-electron chi connectivity index (χ1n) is 6.16. The van der Waals surface area contributed by atoms with Crippen LogP contribution in [-0.2, 0) is 9.53 Å². The van der Waals surface area contributed by atoms with Crippen LogP contribution < -0.4 is 0 Å². The first-order chi connectivity index (χ1) is 7.65. The van der Waals surface area contributed by atoms with Crippen LogP contribution in [0.3, 0.4) is 0 Å². The molecule has 1 fully saturated rings. The number of carbonyl (C=O) groups is 1. The van der Waals surface area contributed by atoms with Crippen LogP contribution >= 0.6 is 11.8 Å². The standard InChI is InChI=1S/C12H23NO2S/c1-4-5-7-15-12(14)9-13-6-8-16-11(3)10(13)2/h10-11H,4-9H2,1-3H3. The highest BCUT2D eigenvalue weighted by atomic mass is 32.2. The fourth-order valence-corrected chi connectivity index (χ4v) is 2.92. The number of esters is 1. The van der Waals surface area contributed by atoms with E-state index in [4.69, 9.17) is 4.74 Å². The van der Waals surface area contributed by atoms with E-state index in [1.165, 1.54) is 0 Å². The summed E-state index contributed by atoms with van der Waals surface area (Å²) in [5, 5.41) is 0.609. The molecule has 1 aliphatic heterocycles. The fraction of sp³-hybridized carbons (Fsp3) is 0.917. The van der Waals surface area contributed by atoms with Gasteiger partial charge in [0.25, 0.3) is 0 Å². The summed E-state index contributed by atoms with van der Waals surface area (Å²) in [7, 11) is 0. The first kappa shape index (κ1) is 13.8. The summed E-state index contributed by atoms with van der Waals surface area (Å²) < 4.78 is 5.18. The summed E-state index contributed by atoms with van der Waals surface area (Å²) in [6.07, 6.45) is 2.04. The zero-order chi connectivity index (χ0) is 12.0. The molecular weight excluding hydrogens is 222 g/mol. The molecule has 0 N–H and O–H groups in total. The summed E-state index contributed by atoms with van der Waals surface area (Å²) in [4.78, 5) is 13.8. The van der Waals surface area contributed by atoms with Crippen LogP contribution in [0.4, 0.5) is 0 Å². The third-order valence-electron chi connectivity index (χ3n) is 3.11. The Morgan fingerprint density at radius 2 is 2.25 bits per heavy atom. The number of rotatable bonds is 5. The molecule has 3 nitrogen and oxygen atoms in total. The molecule has 1 aliphatic rings. The van der Waals surface area contributed by atoms with Crippen molar-refractivity contribution in [1.29, 1.82) is 0 Å². The van der Waals surface area contributed by atoms with E-state index in [2.05, 4.69) is 25.7 Å². The largest absolute Gasteiger partial charge is 0.465 e. The lowest BCUT2D eigenvalue weighted by atomic mass is 10.2. The summed E-state index contributed by atoms with van der Waals surface area (Å²) in [6.45, 7) is 8.54. The molecule has 16 heavy (non-hydrogen) atoms. The number of hydrogen-bond donors (Lipinski definition) is 0. The van der Waals surface area contributed by atoms with Crippen LogP contribution in [0.25, 0.3) is 0 Å². The number of unbranched alkanes of at least 4 members (excludes halogenated alkanes) is 1. The van der Waals surface area contributed by atoms with Gasteiger partial charge < -0.3 is 4.74 Å². The van der Waals surface area contributed by atoms with Gasteiger partial charge in [-0.25, -0.2) is 0 Å². The van der Waals surface area contributed by atoms with Crippen molar-refractivity contribution in [3.8, 4) is 0 Å². The number of nitrogens with zero attached hydrogens (tertiary/aromatic N) is 1. The highest BCUT2D eigenvalue weighted by molar-refractivity contribution is 8.00. The number of ether oxygens (including phenoxy) is 1. The van der Waals surface area contributed by atoms with E-state index in [1.807, 2.05) is 11.8 Å². The second-order valence-corrected chi connectivity index (χ2v) is 5.85. The molecule has 0 saturated carbocycles. The Balaban J connectivity index is 2.26. The van der Waals surface area contributed by atoms with Gasteiger partial charge in [0, 0.05) is 23.6 Å². The average molecular weight is 245 g/mol. The Morgan fingerprint density at radius 3 is 2.94 bits per heavy atom. The van der Waals surface area contributed by atoms with E-state index in [0.717, 1.165) is 25.1 Å². The minimum atomic E-state index is -0.0700. The van der Waals surface area contributed by atoms with Gasteiger partial charge in [-0.3, -0.25) is 9.69 Å². The Kier molecular flexibility index (Phi) is 6.21. The topological polar surface area (TPSA) is 29.5 Å². The average Bonchev–Trinajstić information content (AvgIpc) is 2.25. The lowest BCUT2D eigenvalue weighted by Gasteiger charge is -2.36. The van der Waals surface area contributed by atoms with E-state index in [-0.39, 0.29) is 5.97 Å². The van der Waals surface area contributed by atoms with Gasteiger partial charge in [0.05, 0.1) is 13.2 Å². The van der Waals surface area contributed by atoms with E-state index >= 15 is 0 Å². The molecule has 2 atom stereocenters. The van der Waals surface area contributed by atoms with Crippen molar-refractivity contribution in [1.82, 2.24) is 4.90 Å². The monoisotopic (exact) mass is 245 g/mol. The van der Waals surface area contributed by atoms with Crippen molar-refractivity contribution in [2.75, 3.05) is 25.4 Å². The minimum absolute atomic E-state index is 0.0700. The highest BCUT2D eigenvalue weighted by Gasteiger charge is 2.26. The summed E-state index contributed by atoms with van der Waals surface area (Å²) in [5.41, 5.74) is 0. The van der Waals surface area contributed by atoms with Crippen molar-refractivity contribution < 1.29 is 9.53 Å². The van der Waals surface area contributed by atoms with Crippen LogP contribution in [0, 0.1) is 0 Å². The number of hydrogen-bond acceptors (Lipinski definition) is 4. The smallest absolute Gasteiger partial charge is 0.320 e. The first-order valence-corrected chi connectivity index (χ1v) is 7.21. The lowest BCUT2D eigenvalue weighted by Crippen LogP contribution is -2.47. The zero-order valence-corrected chi connectivity index (χ0v) is 11.4. The van der Waals surface area contributed by atoms with Gasteiger partial charge in [-0.2, -0.15) is 11.8 Å². The molecule has 1 rings (SSSR count). The van der Waals surface area contributed by atoms with E-state index in [0.29, 0.717) is 24.4 Å². The molecule has 0 radical (unpaired) electrons. The van der Waals surface area contributed by atoms with Crippen LogP contribution in [-0.4, -0.2) is 47.6 Å². The zero-order valence-electron chi connectivity index (χ0n) is 10.6. The summed E-state index contributed by atoms with van der Waals surface area (Å²) >= 11 is 1.98. The Hall–Kier alpha value is -0.220. The molecule has 0 bridgehead atoms. The molecule has 0 aliphatic carbocycles. The maximum atomic E-state index is 11.6. The summed E-state index contributed by atoms with van der Waals surface area (Å²) in [5.74, 6) is 1.05. The molecule has 1 heterocycles. The Morgan fingerprint density at radius 1 is 1.50 bits per heavy atom. The molecule has 0 amide bonds. The molecule has 1 saturated heterocycles. The van der Waals surface area contributed by atoms with Crippen LogP contribution in [0.1, 0.15) is 33.6 Å². The Bertz CT molecular complexity index is 223. The molecule has 0 spiro atoms. The van der Waals surface area contributed by atoms with Crippen molar-refractivity contribution in [2.24, 2.45) is 0 Å². The van der Waals surface area contributed by atoms with Crippen LogP contribution in [0.5, 0.6) is 0 Å². The third-order valence-corrected chi connectivity index (χ3v) is 4.45. The van der Waals surface area contributed by atoms with E-state index in [1.54, 1.807) is 0 Å². The molecule has 4 heteroatoms. The van der Waals surface area contributed by atoms with Crippen molar-refractivity contribution in [3.05, 3.63) is 0 Å². The van der Waals surface area contributed by atoms with Gasteiger partial charge in [0.2, 0.25) is 0 Å². The van der Waals surface area contributed by atoms with Gasteiger partial charge in [-0.05, 0) is 13.3 Å². The second kappa shape index (κ2) is 7.17. The summed E-state index contributed by atoms with van der Waals surface area (Å²) in [6, 6.07) is 0.470. The van der Waals surface area contributed by atoms with E-state index < -0.39 is 0 Å².